The van der Waals surface area contributed by atoms with E-state index in [0.717, 1.165) is 44.6 Å². The zero-order chi connectivity index (χ0) is 24.7. The van der Waals surface area contributed by atoms with Crippen LogP contribution in [0.1, 0.15) is 57.4 Å². The highest BCUT2D eigenvalue weighted by Gasteiger charge is 2.51. The molecule has 1 aromatic rings. The number of nitrogens with one attached hydrogen (secondary N) is 1. The van der Waals surface area contributed by atoms with Crippen LogP contribution in [0.25, 0.3) is 0 Å². The first-order valence-electron chi connectivity index (χ1n) is 13.4. The molecule has 1 unspecified atom stereocenters. The van der Waals surface area contributed by atoms with Crippen LogP contribution >= 0.6 is 0 Å². The molecule has 5 atom stereocenters. The molecule has 2 heterocycles. The minimum absolute atomic E-state index is 0.166. The van der Waals surface area contributed by atoms with E-state index in [2.05, 4.69) is 29.0 Å². The summed E-state index contributed by atoms with van der Waals surface area (Å²) in [5.41, 5.74) is 1.03. The number of hydrogen-bond donors (Lipinski definition) is 1. The smallest absolute Gasteiger partial charge is 0.317 e. The van der Waals surface area contributed by atoms with Gasteiger partial charge in [-0.3, -0.25) is 9.80 Å². The zero-order valence-corrected chi connectivity index (χ0v) is 20.9. The Morgan fingerprint density at radius 2 is 1.77 bits per heavy atom. The first-order chi connectivity index (χ1) is 16.7. The van der Waals surface area contributed by atoms with Gasteiger partial charge in [-0.25, -0.2) is 18.0 Å². The summed E-state index contributed by atoms with van der Waals surface area (Å²) in [6, 6.07) is 5.45. The summed E-state index contributed by atoms with van der Waals surface area (Å²) in [7, 11) is 0. The second-order valence-electron chi connectivity index (χ2n) is 11.5. The monoisotopic (exact) mass is 492 g/mol. The average Bonchev–Trinajstić information content (AvgIpc) is 3.40. The predicted octanol–water partition coefficient (Wildman–Crippen LogP) is 4.54. The van der Waals surface area contributed by atoms with Gasteiger partial charge >= 0.3 is 6.03 Å². The van der Waals surface area contributed by atoms with Crippen molar-refractivity contribution >= 4 is 6.03 Å². The van der Waals surface area contributed by atoms with Gasteiger partial charge in [0.1, 0.15) is 11.9 Å². The van der Waals surface area contributed by atoms with Crippen molar-refractivity contribution in [3.05, 3.63) is 35.6 Å². The van der Waals surface area contributed by atoms with Gasteiger partial charge in [-0.1, -0.05) is 12.1 Å². The first-order valence-corrected chi connectivity index (χ1v) is 13.4. The standard InChI is InChI=1S/C27H39F3N4O/c1-18(2)32-9-11-33(12-10-32)24-7-4-8-27(29,30)25(24)31-26(35)34-16-21-13-20(14-22(21)17-34)19-5-3-6-23(28)15-19/h3,5-6,15,18,20-22,24-25H,4,7-14,16-17H2,1-2H3,(H,31,35)/t20?,21-,22+,24-,25+/m0/s1. The normalized spacial score (nSPS) is 33.8. The number of piperazine rings is 1. The molecule has 5 rings (SSSR count). The Labute approximate surface area is 207 Å². The number of urea groups is 1. The van der Waals surface area contributed by atoms with Crippen molar-refractivity contribution in [2.75, 3.05) is 39.3 Å². The fraction of sp³-hybridized carbons (Fsp3) is 0.741. The van der Waals surface area contributed by atoms with Gasteiger partial charge in [0.05, 0.1) is 0 Å². The third-order valence-electron chi connectivity index (χ3n) is 9.04. The molecular formula is C27H39F3N4O. The van der Waals surface area contributed by atoms with Crippen LogP contribution in [0.5, 0.6) is 0 Å². The van der Waals surface area contributed by atoms with E-state index >= 15 is 8.78 Å². The Morgan fingerprint density at radius 1 is 1.09 bits per heavy atom. The quantitative estimate of drug-likeness (QED) is 0.671. The Hall–Kier alpha value is -1.80. The summed E-state index contributed by atoms with van der Waals surface area (Å²) in [5.74, 6) is -2.11. The third kappa shape index (κ3) is 5.19. The highest BCUT2D eigenvalue weighted by Crippen LogP contribution is 2.46. The topological polar surface area (TPSA) is 38.8 Å². The summed E-state index contributed by atoms with van der Waals surface area (Å²) in [6.45, 7) is 8.81. The number of likely N-dealkylation sites (tertiary alicyclic amines) is 1. The van der Waals surface area contributed by atoms with Crippen LogP contribution in [0.2, 0.25) is 0 Å². The van der Waals surface area contributed by atoms with Crippen molar-refractivity contribution in [3.8, 4) is 0 Å². The van der Waals surface area contributed by atoms with Crippen molar-refractivity contribution in [3.63, 3.8) is 0 Å². The molecule has 2 aliphatic heterocycles. The van der Waals surface area contributed by atoms with E-state index in [9.17, 15) is 9.18 Å². The van der Waals surface area contributed by atoms with Gasteiger partial charge < -0.3 is 10.2 Å². The van der Waals surface area contributed by atoms with Gasteiger partial charge in [-0.2, -0.15) is 0 Å². The van der Waals surface area contributed by atoms with Crippen LogP contribution in [0.3, 0.4) is 0 Å². The maximum Gasteiger partial charge on any atom is 0.317 e. The number of carbonyl (C=O) groups excluding carboxylic acids is 1. The highest BCUT2D eigenvalue weighted by molar-refractivity contribution is 5.75. The molecule has 4 aliphatic rings. The van der Waals surface area contributed by atoms with E-state index in [1.807, 2.05) is 6.07 Å². The number of nitrogens with zero attached hydrogens (tertiary/aromatic N) is 3. The Bertz CT molecular complexity index is 890. The molecule has 2 aliphatic carbocycles. The molecular weight excluding hydrogens is 453 g/mol. The molecule has 0 bridgehead atoms. The lowest BCUT2D eigenvalue weighted by Gasteiger charge is -2.47. The summed E-state index contributed by atoms with van der Waals surface area (Å²) < 4.78 is 43.9. The number of benzene rings is 1. The van der Waals surface area contributed by atoms with Crippen molar-refractivity contribution in [1.82, 2.24) is 20.0 Å². The third-order valence-corrected chi connectivity index (χ3v) is 9.04. The molecule has 1 aromatic carbocycles. The van der Waals surface area contributed by atoms with E-state index in [0.29, 0.717) is 49.7 Å². The van der Waals surface area contributed by atoms with Gasteiger partial charge in [-0.15, -0.1) is 0 Å². The molecule has 8 heteroatoms. The SMILES string of the molecule is CC(C)N1CCN([C@H]2CCCC(F)(F)[C@@H]2NC(=O)N2C[C@H]3CC(c4cccc(F)c4)C[C@H]3C2)CC1. The Balaban J connectivity index is 1.20. The fourth-order valence-corrected chi connectivity index (χ4v) is 7.05. The van der Waals surface area contributed by atoms with E-state index in [-0.39, 0.29) is 24.3 Å². The van der Waals surface area contributed by atoms with Crippen molar-refractivity contribution in [2.24, 2.45) is 11.8 Å². The molecule has 1 N–H and O–H groups in total. The molecule has 5 nitrogen and oxygen atoms in total. The van der Waals surface area contributed by atoms with Crippen LogP contribution in [-0.4, -0.2) is 84.0 Å². The highest BCUT2D eigenvalue weighted by atomic mass is 19.3. The minimum Gasteiger partial charge on any atom is -0.328 e. The lowest BCUT2D eigenvalue weighted by Crippen LogP contribution is -2.65. The zero-order valence-electron chi connectivity index (χ0n) is 20.9. The summed E-state index contributed by atoms with van der Waals surface area (Å²) in [6.07, 6.45) is 2.86. The van der Waals surface area contributed by atoms with Gasteiger partial charge in [0.15, 0.2) is 0 Å². The molecule has 0 spiro atoms. The lowest BCUT2D eigenvalue weighted by molar-refractivity contribution is -0.0971. The maximum absolute atomic E-state index is 15.1. The van der Waals surface area contributed by atoms with Crippen LogP contribution in [0.15, 0.2) is 24.3 Å². The van der Waals surface area contributed by atoms with E-state index in [4.69, 9.17) is 0 Å². The number of hydrogen-bond acceptors (Lipinski definition) is 3. The van der Waals surface area contributed by atoms with Crippen molar-refractivity contribution in [2.45, 2.75) is 75.9 Å². The first kappa shape index (κ1) is 24.9. The van der Waals surface area contributed by atoms with Gasteiger partial charge in [0, 0.05) is 57.8 Å². The average molecular weight is 493 g/mol. The second-order valence-corrected chi connectivity index (χ2v) is 11.5. The number of halogens is 3. The van der Waals surface area contributed by atoms with Crippen molar-refractivity contribution in [1.29, 1.82) is 0 Å². The van der Waals surface area contributed by atoms with Crippen LogP contribution in [0, 0.1) is 17.7 Å². The van der Waals surface area contributed by atoms with Crippen LogP contribution in [0.4, 0.5) is 18.0 Å². The molecule has 35 heavy (non-hydrogen) atoms. The molecule has 2 amide bonds. The van der Waals surface area contributed by atoms with Crippen LogP contribution < -0.4 is 5.32 Å². The van der Waals surface area contributed by atoms with Gasteiger partial charge in [0.25, 0.3) is 5.92 Å². The van der Waals surface area contributed by atoms with Gasteiger partial charge in [-0.05, 0) is 75.0 Å². The van der Waals surface area contributed by atoms with Gasteiger partial charge in [0.2, 0.25) is 0 Å². The minimum atomic E-state index is -2.90. The number of alkyl halides is 2. The largest absolute Gasteiger partial charge is 0.328 e. The lowest BCUT2D eigenvalue weighted by atomic mass is 9.85. The fourth-order valence-electron chi connectivity index (χ4n) is 7.05. The van der Waals surface area contributed by atoms with E-state index in [1.165, 1.54) is 6.07 Å². The predicted molar refractivity (Wildman–Crippen MR) is 130 cm³/mol. The Kier molecular flexibility index (Phi) is 7.05. The summed E-state index contributed by atoms with van der Waals surface area (Å²) >= 11 is 0. The second kappa shape index (κ2) is 9.92. The number of amides is 2. The van der Waals surface area contributed by atoms with E-state index in [1.54, 1.807) is 17.0 Å². The summed E-state index contributed by atoms with van der Waals surface area (Å²) in [5, 5.41) is 2.80. The molecule has 194 valence electrons. The number of carbonyl (C=O) groups is 1. The van der Waals surface area contributed by atoms with Crippen LogP contribution in [-0.2, 0) is 0 Å². The summed E-state index contributed by atoms with van der Waals surface area (Å²) in [4.78, 5) is 19.5. The number of fused-ring (bicyclic) bond motifs is 1. The molecule has 2 saturated carbocycles. The number of rotatable bonds is 4. The maximum atomic E-state index is 15.1. The molecule has 4 fully saturated rings. The molecule has 2 saturated heterocycles. The Morgan fingerprint density at radius 3 is 2.40 bits per heavy atom. The molecule has 0 aromatic heterocycles. The van der Waals surface area contributed by atoms with E-state index < -0.39 is 12.0 Å². The molecule has 0 radical (unpaired) electrons. The van der Waals surface area contributed by atoms with Crippen molar-refractivity contribution < 1.29 is 18.0 Å².